The van der Waals surface area contributed by atoms with Crippen LogP contribution in [0.1, 0.15) is 31.2 Å². The van der Waals surface area contributed by atoms with E-state index in [1.807, 2.05) is 0 Å². The molecule has 0 bridgehead atoms. The quantitative estimate of drug-likeness (QED) is 0.927. The Kier molecular flexibility index (Phi) is 4.17. The van der Waals surface area contributed by atoms with Gasteiger partial charge in [-0.25, -0.2) is 4.39 Å². The molecule has 0 radical (unpaired) electrons. The molecule has 0 aromatic heterocycles. The maximum absolute atomic E-state index is 13.7. The summed E-state index contributed by atoms with van der Waals surface area (Å²) in [6.45, 7) is 0.379. The summed E-state index contributed by atoms with van der Waals surface area (Å²) in [5.74, 6) is -0.244. The minimum Gasteiger partial charge on any atom is -0.329 e. The first-order valence-electron chi connectivity index (χ1n) is 6.25. The van der Waals surface area contributed by atoms with Crippen LogP contribution < -0.4 is 5.73 Å². The third kappa shape index (κ3) is 2.64. The van der Waals surface area contributed by atoms with Crippen LogP contribution in [-0.4, -0.2) is 12.3 Å². The topological polar surface area (TPSA) is 43.1 Å². The van der Waals surface area contributed by atoms with Crippen LogP contribution in [0.4, 0.5) is 4.39 Å². The van der Waals surface area contributed by atoms with Crippen LogP contribution in [-0.2, 0) is 11.2 Å². The van der Waals surface area contributed by atoms with Gasteiger partial charge < -0.3 is 5.73 Å². The Hall–Kier alpha value is -0.740. The predicted molar refractivity (Wildman–Crippen MR) is 72.8 cm³/mol. The molecular weight excluding hydrogens is 297 g/mol. The van der Waals surface area contributed by atoms with Crippen molar-refractivity contribution >= 4 is 21.7 Å². The third-order valence-electron chi connectivity index (χ3n) is 3.91. The molecule has 0 spiro atoms. The number of Topliss-reactive ketones (excluding diaryl/α,β-unsaturated/α-hetero) is 1. The lowest BCUT2D eigenvalue weighted by Crippen LogP contribution is -2.37. The first kappa shape index (κ1) is 13.7. The number of nitrogens with two attached hydrogens (primary N) is 1. The van der Waals surface area contributed by atoms with E-state index in [1.54, 1.807) is 12.1 Å². The summed E-state index contributed by atoms with van der Waals surface area (Å²) in [5, 5.41) is 0. The number of halogens is 2. The first-order valence-corrected chi connectivity index (χ1v) is 7.04. The fourth-order valence-electron chi connectivity index (χ4n) is 2.67. The van der Waals surface area contributed by atoms with Crippen molar-refractivity contribution in [1.29, 1.82) is 0 Å². The van der Waals surface area contributed by atoms with Gasteiger partial charge in [-0.1, -0.05) is 34.8 Å². The lowest BCUT2D eigenvalue weighted by Gasteiger charge is -2.25. The van der Waals surface area contributed by atoms with Crippen molar-refractivity contribution in [1.82, 2.24) is 0 Å². The van der Waals surface area contributed by atoms with E-state index in [0.29, 0.717) is 16.6 Å². The molecule has 1 aliphatic rings. The van der Waals surface area contributed by atoms with Crippen molar-refractivity contribution < 1.29 is 9.18 Å². The van der Waals surface area contributed by atoms with Gasteiger partial charge in [-0.2, -0.15) is 0 Å². The summed E-state index contributed by atoms with van der Waals surface area (Å²) >= 11 is 3.21. The number of ketones is 1. The predicted octanol–water partition coefficient (Wildman–Crippen LogP) is 3.22. The van der Waals surface area contributed by atoms with Crippen LogP contribution >= 0.6 is 15.9 Å². The van der Waals surface area contributed by atoms with Crippen molar-refractivity contribution in [2.75, 3.05) is 6.54 Å². The number of carbonyl (C=O) groups is 1. The molecule has 1 aromatic carbocycles. The van der Waals surface area contributed by atoms with Gasteiger partial charge in [0.1, 0.15) is 11.6 Å². The maximum Gasteiger partial charge on any atom is 0.144 e. The maximum atomic E-state index is 13.7. The van der Waals surface area contributed by atoms with Crippen molar-refractivity contribution in [3.8, 4) is 0 Å². The number of benzene rings is 1. The van der Waals surface area contributed by atoms with Gasteiger partial charge >= 0.3 is 0 Å². The van der Waals surface area contributed by atoms with E-state index in [-0.39, 0.29) is 18.0 Å². The summed E-state index contributed by atoms with van der Waals surface area (Å²) < 4.78 is 14.4. The Bertz CT molecular complexity index is 455. The van der Waals surface area contributed by atoms with Crippen molar-refractivity contribution in [2.24, 2.45) is 11.1 Å². The lowest BCUT2D eigenvalue weighted by molar-refractivity contribution is -0.127. The summed E-state index contributed by atoms with van der Waals surface area (Å²) in [6.07, 6.45) is 3.94. The Balaban J connectivity index is 2.15. The molecule has 0 atom stereocenters. The molecule has 1 fully saturated rings. The summed E-state index contributed by atoms with van der Waals surface area (Å²) in [6, 6.07) is 4.82. The van der Waals surface area contributed by atoms with Crippen molar-refractivity contribution in [3.05, 3.63) is 34.1 Å². The molecule has 4 heteroatoms. The normalized spacial score (nSPS) is 17.9. The molecule has 98 valence electrons. The van der Waals surface area contributed by atoms with E-state index in [0.717, 1.165) is 25.7 Å². The molecule has 2 N–H and O–H groups in total. The third-order valence-corrected chi connectivity index (χ3v) is 4.40. The van der Waals surface area contributed by atoms with Crippen LogP contribution in [0.25, 0.3) is 0 Å². The second kappa shape index (κ2) is 5.49. The van der Waals surface area contributed by atoms with Crippen LogP contribution in [0.15, 0.2) is 22.7 Å². The zero-order chi connectivity index (χ0) is 13.2. The highest BCUT2D eigenvalue weighted by molar-refractivity contribution is 9.10. The molecular formula is C14H17BrFNO. The fourth-order valence-corrected chi connectivity index (χ4v) is 3.01. The molecule has 2 rings (SSSR count). The summed E-state index contributed by atoms with van der Waals surface area (Å²) in [4.78, 5) is 12.3. The fraction of sp³-hybridized carbons (Fsp3) is 0.500. The average Bonchev–Trinajstić information content (AvgIpc) is 2.82. The van der Waals surface area contributed by atoms with E-state index >= 15 is 0 Å². The molecule has 1 aliphatic carbocycles. The monoisotopic (exact) mass is 313 g/mol. The number of rotatable bonds is 4. The Labute approximate surface area is 115 Å². The molecule has 1 saturated carbocycles. The van der Waals surface area contributed by atoms with E-state index in [9.17, 15) is 9.18 Å². The molecule has 1 aromatic rings. The molecule has 2 nitrogen and oxygen atoms in total. The molecule has 0 aliphatic heterocycles. The molecule has 0 amide bonds. The highest BCUT2D eigenvalue weighted by atomic mass is 79.9. The number of carbonyl (C=O) groups excluding carboxylic acids is 1. The SMILES string of the molecule is NCC1(C(=O)Cc2ccc(Br)cc2F)CCCC1. The number of hydrogen-bond acceptors (Lipinski definition) is 2. The van der Waals surface area contributed by atoms with Gasteiger partial charge in [-0.15, -0.1) is 0 Å². The van der Waals surface area contributed by atoms with Gasteiger partial charge in [0.2, 0.25) is 0 Å². The van der Waals surface area contributed by atoms with Crippen LogP contribution in [0.3, 0.4) is 0 Å². The number of hydrogen-bond donors (Lipinski definition) is 1. The summed E-state index contributed by atoms with van der Waals surface area (Å²) in [7, 11) is 0. The largest absolute Gasteiger partial charge is 0.329 e. The molecule has 0 unspecified atom stereocenters. The highest BCUT2D eigenvalue weighted by Crippen LogP contribution is 2.39. The summed E-state index contributed by atoms with van der Waals surface area (Å²) in [5.41, 5.74) is 5.82. The van der Waals surface area contributed by atoms with Gasteiger partial charge in [0.15, 0.2) is 0 Å². The van der Waals surface area contributed by atoms with Gasteiger partial charge in [0, 0.05) is 22.9 Å². The van der Waals surface area contributed by atoms with Crippen LogP contribution in [0.5, 0.6) is 0 Å². The zero-order valence-corrected chi connectivity index (χ0v) is 11.8. The van der Waals surface area contributed by atoms with Gasteiger partial charge in [0.25, 0.3) is 0 Å². The van der Waals surface area contributed by atoms with Gasteiger partial charge in [-0.05, 0) is 30.5 Å². The second-order valence-corrected chi connectivity index (χ2v) is 5.94. The minimum absolute atomic E-state index is 0.0868. The van der Waals surface area contributed by atoms with Crippen LogP contribution in [0, 0.1) is 11.2 Å². The average molecular weight is 314 g/mol. The van der Waals surface area contributed by atoms with Crippen molar-refractivity contribution in [2.45, 2.75) is 32.1 Å². The van der Waals surface area contributed by atoms with Gasteiger partial charge in [-0.3, -0.25) is 4.79 Å². The minimum atomic E-state index is -0.403. The lowest BCUT2D eigenvalue weighted by atomic mass is 9.79. The standard InChI is InChI=1S/C14H17BrFNO/c15-11-4-3-10(12(16)8-11)7-13(18)14(9-17)5-1-2-6-14/h3-4,8H,1-2,5-7,9,17H2. The zero-order valence-electron chi connectivity index (χ0n) is 10.2. The smallest absolute Gasteiger partial charge is 0.144 e. The highest BCUT2D eigenvalue weighted by Gasteiger charge is 2.39. The van der Waals surface area contributed by atoms with Crippen LogP contribution in [0.2, 0.25) is 0 Å². The van der Waals surface area contributed by atoms with Gasteiger partial charge in [0.05, 0.1) is 0 Å². The Morgan fingerprint density at radius 3 is 2.61 bits per heavy atom. The first-order chi connectivity index (χ1) is 8.57. The van der Waals surface area contributed by atoms with Crippen molar-refractivity contribution in [3.63, 3.8) is 0 Å². The van der Waals surface area contributed by atoms with E-state index in [1.165, 1.54) is 6.07 Å². The van der Waals surface area contributed by atoms with E-state index in [4.69, 9.17) is 5.73 Å². The van der Waals surface area contributed by atoms with E-state index in [2.05, 4.69) is 15.9 Å². The molecule has 18 heavy (non-hydrogen) atoms. The molecule has 0 heterocycles. The molecule has 0 saturated heterocycles. The van der Waals surface area contributed by atoms with E-state index < -0.39 is 5.41 Å². The Morgan fingerprint density at radius 1 is 1.39 bits per heavy atom. The Morgan fingerprint density at radius 2 is 2.06 bits per heavy atom. The second-order valence-electron chi connectivity index (χ2n) is 5.03.